The Bertz CT molecular complexity index is 414. The van der Waals surface area contributed by atoms with Crippen molar-refractivity contribution in [2.24, 2.45) is 17.8 Å². The van der Waals surface area contributed by atoms with Gasteiger partial charge in [-0.15, -0.1) is 0 Å². The summed E-state index contributed by atoms with van der Waals surface area (Å²) in [5.74, 6) is 3.12. The molecule has 2 aliphatic rings. The third-order valence-electron chi connectivity index (χ3n) is 4.79. The Kier molecular flexibility index (Phi) is 3.06. The number of alkyl halides is 1. The van der Waals surface area contributed by atoms with Crippen LogP contribution >= 0.6 is 15.9 Å². The van der Waals surface area contributed by atoms with Crippen molar-refractivity contribution < 1.29 is 0 Å². The maximum Gasteiger partial charge on any atom is 0.0214 e. The van der Waals surface area contributed by atoms with Gasteiger partial charge in [-0.2, -0.15) is 0 Å². The molecule has 92 valence electrons. The average molecular weight is 293 g/mol. The summed E-state index contributed by atoms with van der Waals surface area (Å²) in [7, 11) is 0. The van der Waals surface area contributed by atoms with E-state index in [1.807, 2.05) is 0 Å². The maximum atomic E-state index is 3.93. The number of aryl methyl sites for hydroxylation is 2. The van der Waals surface area contributed by atoms with Crippen LogP contribution in [0.25, 0.3) is 0 Å². The number of fused-ring (bicyclic) bond motifs is 1. The van der Waals surface area contributed by atoms with E-state index in [1.54, 1.807) is 0 Å². The zero-order valence-electron chi connectivity index (χ0n) is 10.7. The van der Waals surface area contributed by atoms with E-state index in [0.29, 0.717) is 4.83 Å². The minimum absolute atomic E-state index is 0.692. The molecule has 0 amide bonds. The first-order chi connectivity index (χ1) is 8.13. The molecule has 0 spiro atoms. The molecule has 2 saturated carbocycles. The first-order valence-corrected chi connectivity index (χ1v) is 7.75. The third-order valence-corrected chi connectivity index (χ3v) is 5.86. The second-order valence-electron chi connectivity index (χ2n) is 6.13. The van der Waals surface area contributed by atoms with Crippen LogP contribution < -0.4 is 0 Å². The van der Waals surface area contributed by atoms with E-state index < -0.39 is 0 Å². The highest BCUT2D eigenvalue weighted by Gasteiger charge is 2.47. The van der Waals surface area contributed by atoms with Gasteiger partial charge < -0.3 is 0 Å². The summed E-state index contributed by atoms with van der Waals surface area (Å²) in [5.41, 5.74) is 4.33. The Morgan fingerprint density at radius 1 is 1.12 bits per heavy atom. The predicted molar refractivity (Wildman–Crippen MR) is 76.7 cm³/mol. The lowest BCUT2D eigenvalue weighted by molar-refractivity contribution is 0.471. The molecule has 1 aromatic carbocycles. The SMILES string of the molecule is Cc1ccc(CC(Br)C2CC3CC3C2)cc1C. The van der Waals surface area contributed by atoms with Gasteiger partial charge in [-0.3, -0.25) is 0 Å². The monoisotopic (exact) mass is 292 g/mol. The van der Waals surface area contributed by atoms with Crippen molar-refractivity contribution in [1.82, 2.24) is 0 Å². The molecule has 0 aliphatic heterocycles. The second-order valence-corrected chi connectivity index (χ2v) is 7.30. The Morgan fingerprint density at radius 3 is 2.47 bits per heavy atom. The van der Waals surface area contributed by atoms with Crippen molar-refractivity contribution in [2.75, 3.05) is 0 Å². The van der Waals surface area contributed by atoms with E-state index in [0.717, 1.165) is 17.8 Å². The van der Waals surface area contributed by atoms with E-state index in [4.69, 9.17) is 0 Å². The average Bonchev–Trinajstić information content (AvgIpc) is 2.91. The fourth-order valence-corrected chi connectivity index (χ4v) is 4.18. The molecule has 2 fully saturated rings. The van der Waals surface area contributed by atoms with Crippen LogP contribution in [0.5, 0.6) is 0 Å². The highest BCUT2D eigenvalue weighted by Crippen LogP contribution is 2.56. The molecule has 0 N–H and O–H groups in total. The number of halogens is 1. The van der Waals surface area contributed by atoms with Crippen LogP contribution in [0.1, 0.15) is 36.0 Å². The first kappa shape index (κ1) is 11.8. The molecule has 2 aliphatic carbocycles. The van der Waals surface area contributed by atoms with Gasteiger partial charge in [0.05, 0.1) is 0 Å². The molecule has 0 saturated heterocycles. The van der Waals surface area contributed by atoms with Gasteiger partial charge in [0.15, 0.2) is 0 Å². The number of rotatable bonds is 3. The third kappa shape index (κ3) is 2.45. The summed E-state index contributed by atoms with van der Waals surface area (Å²) >= 11 is 3.93. The molecule has 0 bridgehead atoms. The molecule has 3 unspecified atom stereocenters. The summed E-state index contributed by atoms with van der Waals surface area (Å²) in [6.45, 7) is 4.40. The summed E-state index contributed by atoms with van der Waals surface area (Å²) in [4.78, 5) is 0.692. The molecule has 17 heavy (non-hydrogen) atoms. The molecule has 0 nitrogen and oxygen atoms in total. The van der Waals surface area contributed by atoms with Crippen molar-refractivity contribution in [2.45, 2.75) is 44.4 Å². The summed E-state index contributed by atoms with van der Waals surface area (Å²) in [5, 5.41) is 0. The Labute approximate surface area is 113 Å². The summed E-state index contributed by atoms with van der Waals surface area (Å²) < 4.78 is 0. The van der Waals surface area contributed by atoms with Crippen LogP contribution in [0, 0.1) is 31.6 Å². The van der Waals surface area contributed by atoms with E-state index in [9.17, 15) is 0 Å². The van der Waals surface area contributed by atoms with E-state index in [2.05, 4.69) is 48.0 Å². The van der Waals surface area contributed by atoms with Crippen molar-refractivity contribution in [3.05, 3.63) is 34.9 Å². The standard InChI is InChI=1S/C16H21Br/c1-10-3-4-12(5-11(10)2)6-16(17)15-8-13-7-14(13)9-15/h3-5,13-16H,6-9H2,1-2H3. The van der Waals surface area contributed by atoms with Crippen LogP contribution in [0.2, 0.25) is 0 Å². The minimum Gasteiger partial charge on any atom is -0.0884 e. The molecule has 3 rings (SSSR count). The van der Waals surface area contributed by atoms with Gasteiger partial charge in [0.2, 0.25) is 0 Å². The van der Waals surface area contributed by atoms with E-state index >= 15 is 0 Å². The normalized spacial score (nSPS) is 32.3. The van der Waals surface area contributed by atoms with Crippen LogP contribution in [-0.4, -0.2) is 4.83 Å². The predicted octanol–water partition coefficient (Wildman–Crippen LogP) is 4.66. The van der Waals surface area contributed by atoms with Gasteiger partial charge >= 0.3 is 0 Å². The molecular formula is C16H21Br. The molecule has 1 heteroatoms. The topological polar surface area (TPSA) is 0 Å². The molecule has 3 atom stereocenters. The Hall–Kier alpha value is -0.300. The highest BCUT2D eigenvalue weighted by molar-refractivity contribution is 9.09. The van der Waals surface area contributed by atoms with Crippen LogP contribution in [-0.2, 0) is 6.42 Å². The smallest absolute Gasteiger partial charge is 0.0214 e. The second kappa shape index (κ2) is 4.42. The summed E-state index contributed by atoms with van der Waals surface area (Å²) in [6, 6.07) is 6.92. The number of hydrogen-bond donors (Lipinski definition) is 0. The van der Waals surface area contributed by atoms with E-state index in [-0.39, 0.29) is 0 Å². The number of benzene rings is 1. The van der Waals surface area contributed by atoms with Gasteiger partial charge in [0.25, 0.3) is 0 Å². The lowest BCUT2D eigenvalue weighted by Crippen LogP contribution is -2.15. The lowest BCUT2D eigenvalue weighted by Gasteiger charge is -2.19. The maximum absolute atomic E-state index is 3.93. The van der Waals surface area contributed by atoms with Gasteiger partial charge in [-0.05, 0) is 74.0 Å². The summed E-state index contributed by atoms with van der Waals surface area (Å²) in [6.07, 6.45) is 5.68. The minimum atomic E-state index is 0.692. The van der Waals surface area contributed by atoms with Crippen LogP contribution in [0.3, 0.4) is 0 Å². The quantitative estimate of drug-likeness (QED) is 0.711. The van der Waals surface area contributed by atoms with Crippen molar-refractivity contribution >= 4 is 15.9 Å². The lowest BCUT2D eigenvalue weighted by atomic mass is 9.94. The zero-order chi connectivity index (χ0) is 12.0. The van der Waals surface area contributed by atoms with Gasteiger partial charge in [-0.25, -0.2) is 0 Å². The van der Waals surface area contributed by atoms with Crippen molar-refractivity contribution in [3.63, 3.8) is 0 Å². The van der Waals surface area contributed by atoms with Crippen LogP contribution in [0.4, 0.5) is 0 Å². The Morgan fingerprint density at radius 2 is 1.82 bits per heavy atom. The van der Waals surface area contributed by atoms with Gasteiger partial charge in [0.1, 0.15) is 0 Å². The Balaban J connectivity index is 1.63. The fourth-order valence-electron chi connectivity index (χ4n) is 3.38. The van der Waals surface area contributed by atoms with E-state index in [1.165, 1.54) is 42.4 Å². The molecule has 0 radical (unpaired) electrons. The van der Waals surface area contributed by atoms with Crippen molar-refractivity contribution in [1.29, 1.82) is 0 Å². The van der Waals surface area contributed by atoms with Gasteiger partial charge in [-0.1, -0.05) is 34.1 Å². The largest absolute Gasteiger partial charge is 0.0884 e. The van der Waals surface area contributed by atoms with Gasteiger partial charge in [0, 0.05) is 4.83 Å². The molecule has 1 aromatic rings. The molecular weight excluding hydrogens is 272 g/mol. The fraction of sp³-hybridized carbons (Fsp3) is 0.625. The first-order valence-electron chi connectivity index (χ1n) is 6.83. The zero-order valence-corrected chi connectivity index (χ0v) is 12.3. The molecule has 0 heterocycles. The van der Waals surface area contributed by atoms with Crippen LogP contribution in [0.15, 0.2) is 18.2 Å². The highest BCUT2D eigenvalue weighted by atomic mass is 79.9. The number of hydrogen-bond acceptors (Lipinski definition) is 0. The molecule has 0 aromatic heterocycles. The van der Waals surface area contributed by atoms with Crippen molar-refractivity contribution in [3.8, 4) is 0 Å².